The highest BCUT2D eigenvalue weighted by Crippen LogP contribution is 2.34. The molecule has 7 nitrogen and oxygen atoms in total. The standard InChI is InChI=1S/C14H22N2O5/c1-14(2,12(18)19)10-4-3-5-15(8-10)9-11(17)16-6-7-21-13(16)20/h10H,3-9H2,1-2H3,(H,18,19). The van der Waals surface area contributed by atoms with E-state index in [2.05, 4.69) is 0 Å². The Kier molecular flexibility index (Phi) is 4.51. The summed E-state index contributed by atoms with van der Waals surface area (Å²) < 4.78 is 4.75. The fourth-order valence-electron chi connectivity index (χ4n) is 2.86. The van der Waals surface area contributed by atoms with E-state index in [1.165, 1.54) is 0 Å². The molecule has 21 heavy (non-hydrogen) atoms. The predicted molar refractivity (Wildman–Crippen MR) is 73.6 cm³/mol. The van der Waals surface area contributed by atoms with Crippen LogP contribution in [0.15, 0.2) is 0 Å². The normalized spacial score (nSPS) is 24.0. The highest BCUT2D eigenvalue weighted by molar-refractivity contribution is 5.94. The zero-order chi connectivity index (χ0) is 15.6. The van der Waals surface area contributed by atoms with Crippen LogP contribution < -0.4 is 0 Å². The predicted octanol–water partition coefficient (Wildman–Crippen LogP) is 0.788. The van der Waals surface area contributed by atoms with Crippen LogP contribution in [0.2, 0.25) is 0 Å². The highest BCUT2D eigenvalue weighted by Gasteiger charge is 2.40. The number of carboxylic acid groups (broad SMARTS) is 1. The Hall–Kier alpha value is -1.63. The molecule has 118 valence electrons. The van der Waals surface area contributed by atoms with Gasteiger partial charge >= 0.3 is 12.1 Å². The minimum atomic E-state index is -0.816. The van der Waals surface area contributed by atoms with Crippen molar-refractivity contribution < 1.29 is 24.2 Å². The third-order valence-corrected chi connectivity index (χ3v) is 4.50. The van der Waals surface area contributed by atoms with Crippen molar-refractivity contribution in [2.24, 2.45) is 11.3 Å². The summed E-state index contributed by atoms with van der Waals surface area (Å²) in [6.07, 6.45) is 1.12. The van der Waals surface area contributed by atoms with Crippen molar-refractivity contribution in [2.45, 2.75) is 26.7 Å². The van der Waals surface area contributed by atoms with E-state index in [1.54, 1.807) is 13.8 Å². The summed E-state index contributed by atoms with van der Waals surface area (Å²) in [5, 5.41) is 9.31. The Balaban J connectivity index is 1.94. The number of carbonyl (C=O) groups is 3. The lowest BCUT2D eigenvalue weighted by molar-refractivity contribution is -0.151. The first-order valence-electron chi connectivity index (χ1n) is 7.25. The molecule has 0 aromatic heterocycles. The number of cyclic esters (lactones) is 1. The summed E-state index contributed by atoms with van der Waals surface area (Å²) >= 11 is 0. The summed E-state index contributed by atoms with van der Waals surface area (Å²) in [5.41, 5.74) is -0.811. The van der Waals surface area contributed by atoms with E-state index in [9.17, 15) is 19.5 Å². The Morgan fingerprint density at radius 2 is 2.10 bits per heavy atom. The van der Waals surface area contributed by atoms with Crippen molar-refractivity contribution in [3.63, 3.8) is 0 Å². The van der Waals surface area contributed by atoms with Crippen molar-refractivity contribution in [1.29, 1.82) is 0 Å². The molecule has 0 aromatic carbocycles. The van der Waals surface area contributed by atoms with Crippen LogP contribution in [0, 0.1) is 11.3 Å². The van der Waals surface area contributed by atoms with Gasteiger partial charge in [0, 0.05) is 6.54 Å². The molecule has 0 aliphatic carbocycles. The second kappa shape index (κ2) is 6.01. The number of amides is 2. The average molecular weight is 298 g/mol. The maximum Gasteiger partial charge on any atom is 0.416 e. The summed E-state index contributed by atoms with van der Waals surface area (Å²) in [4.78, 5) is 37.8. The third-order valence-electron chi connectivity index (χ3n) is 4.50. The number of hydrogen-bond acceptors (Lipinski definition) is 5. The van der Waals surface area contributed by atoms with Crippen LogP contribution in [-0.4, -0.2) is 65.7 Å². The molecule has 2 amide bonds. The van der Waals surface area contributed by atoms with Gasteiger partial charge in [0.1, 0.15) is 6.61 Å². The SMILES string of the molecule is CC(C)(C(=O)O)C1CCCN(CC(=O)N2CCOC2=O)C1. The minimum Gasteiger partial charge on any atom is -0.481 e. The fraction of sp³-hybridized carbons (Fsp3) is 0.786. The summed E-state index contributed by atoms with van der Waals surface area (Å²) in [6.45, 7) is 5.46. The van der Waals surface area contributed by atoms with Crippen LogP contribution in [0.1, 0.15) is 26.7 Å². The van der Waals surface area contributed by atoms with E-state index < -0.39 is 17.5 Å². The maximum atomic E-state index is 12.1. The first-order valence-corrected chi connectivity index (χ1v) is 7.25. The molecular formula is C14H22N2O5. The lowest BCUT2D eigenvalue weighted by atomic mass is 9.74. The summed E-state index contributed by atoms with van der Waals surface area (Å²) in [6, 6.07) is 0. The zero-order valence-corrected chi connectivity index (χ0v) is 12.5. The number of ether oxygens (including phenoxy) is 1. The molecule has 2 aliphatic rings. The van der Waals surface area contributed by atoms with E-state index in [1.807, 2.05) is 4.90 Å². The monoisotopic (exact) mass is 298 g/mol. The van der Waals surface area contributed by atoms with Gasteiger partial charge in [-0.2, -0.15) is 0 Å². The van der Waals surface area contributed by atoms with Crippen molar-refractivity contribution in [1.82, 2.24) is 9.80 Å². The molecule has 1 N–H and O–H groups in total. The van der Waals surface area contributed by atoms with E-state index in [-0.39, 0.29) is 25.0 Å². The first kappa shape index (κ1) is 15.8. The molecule has 2 heterocycles. The molecule has 1 unspecified atom stereocenters. The van der Waals surface area contributed by atoms with Crippen LogP contribution in [0.25, 0.3) is 0 Å². The number of carbonyl (C=O) groups excluding carboxylic acids is 2. The van der Waals surface area contributed by atoms with Gasteiger partial charge in [0.05, 0.1) is 18.5 Å². The Morgan fingerprint density at radius 1 is 1.38 bits per heavy atom. The molecule has 0 bridgehead atoms. The molecule has 7 heteroatoms. The Bertz CT molecular complexity index is 449. The topological polar surface area (TPSA) is 87.2 Å². The van der Waals surface area contributed by atoms with Crippen molar-refractivity contribution in [3.05, 3.63) is 0 Å². The molecule has 2 saturated heterocycles. The fourth-order valence-corrected chi connectivity index (χ4v) is 2.86. The maximum absolute atomic E-state index is 12.1. The Morgan fingerprint density at radius 3 is 2.67 bits per heavy atom. The van der Waals surface area contributed by atoms with Gasteiger partial charge in [0.15, 0.2) is 0 Å². The summed E-state index contributed by atoms with van der Waals surface area (Å²) in [7, 11) is 0. The van der Waals surface area contributed by atoms with Crippen molar-refractivity contribution in [3.8, 4) is 0 Å². The van der Waals surface area contributed by atoms with Crippen LogP contribution >= 0.6 is 0 Å². The van der Waals surface area contributed by atoms with E-state index >= 15 is 0 Å². The Labute approximate surface area is 123 Å². The molecule has 2 fully saturated rings. The van der Waals surface area contributed by atoms with Crippen LogP contribution in [-0.2, 0) is 14.3 Å². The summed E-state index contributed by atoms with van der Waals surface area (Å²) in [5.74, 6) is -1.09. The lowest BCUT2D eigenvalue weighted by Crippen LogP contribution is -2.48. The van der Waals surface area contributed by atoms with Gasteiger partial charge in [-0.05, 0) is 39.2 Å². The number of aliphatic carboxylic acids is 1. The number of piperidine rings is 1. The molecule has 0 radical (unpaired) electrons. The second-order valence-electron chi connectivity index (χ2n) is 6.26. The first-order chi connectivity index (χ1) is 9.82. The number of hydrogen-bond donors (Lipinski definition) is 1. The highest BCUT2D eigenvalue weighted by atomic mass is 16.6. The molecule has 2 rings (SSSR count). The van der Waals surface area contributed by atoms with E-state index in [0.717, 1.165) is 24.3 Å². The number of imide groups is 1. The number of rotatable bonds is 4. The molecule has 0 saturated carbocycles. The number of carboxylic acids is 1. The largest absolute Gasteiger partial charge is 0.481 e. The van der Waals surface area contributed by atoms with Gasteiger partial charge in [0.25, 0.3) is 0 Å². The van der Waals surface area contributed by atoms with Crippen LogP contribution in [0.5, 0.6) is 0 Å². The van der Waals surface area contributed by atoms with Gasteiger partial charge in [-0.15, -0.1) is 0 Å². The van der Waals surface area contributed by atoms with E-state index in [0.29, 0.717) is 13.1 Å². The van der Waals surface area contributed by atoms with Crippen molar-refractivity contribution >= 4 is 18.0 Å². The van der Waals surface area contributed by atoms with Crippen LogP contribution in [0.3, 0.4) is 0 Å². The molecule has 0 aromatic rings. The number of nitrogens with zero attached hydrogens (tertiary/aromatic N) is 2. The van der Waals surface area contributed by atoms with Gasteiger partial charge in [-0.25, -0.2) is 9.69 Å². The quantitative estimate of drug-likeness (QED) is 0.825. The van der Waals surface area contributed by atoms with Gasteiger partial charge in [-0.3, -0.25) is 14.5 Å². The molecular weight excluding hydrogens is 276 g/mol. The second-order valence-corrected chi connectivity index (χ2v) is 6.26. The molecule has 2 aliphatic heterocycles. The lowest BCUT2D eigenvalue weighted by Gasteiger charge is -2.39. The minimum absolute atomic E-state index is 0.00193. The van der Waals surface area contributed by atoms with Crippen molar-refractivity contribution in [2.75, 3.05) is 32.8 Å². The van der Waals surface area contributed by atoms with E-state index in [4.69, 9.17) is 4.74 Å². The average Bonchev–Trinajstić information content (AvgIpc) is 2.85. The number of likely N-dealkylation sites (tertiary alicyclic amines) is 1. The molecule has 0 spiro atoms. The smallest absolute Gasteiger partial charge is 0.416 e. The zero-order valence-electron chi connectivity index (χ0n) is 12.5. The van der Waals surface area contributed by atoms with Gasteiger partial charge < -0.3 is 9.84 Å². The van der Waals surface area contributed by atoms with Crippen LogP contribution in [0.4, 0.5) is 4.79 Å². The van der Waals surface area contributed by atoms with Gasteiger partial charge in [-0.1, -0.05) is 0 Å². The van der Waals surface area contributed by atoms with Gasteiger partial charge in [0.2, 0.25) is 5.91 Å². The molecule has 1 atom stereocenters. The third kappa shape index (κ3) is 3.34.